The van der Waals surface area contributed by atoms with E-state index in [9.17, 15) is 76.0 Å². The van der Waals surface area contributed by atoms with Crippen molar-refractivity contribution in [2.24, 2.45) is 17.3 Å². The number of aliphatic hydroxyl groups excluding tert-OH is 12. The van der Waals surface area contributed by atoms with Crippen LogP contribution in [0.25, 0.3) is 0 Å². The second kappa shape index (κ2) is 27.5. The largest absolute Gasteiger partial charge is 0.462 e. The van der Waals surface area contributed by atoms with Crippen LogP contribution in [0.15, 0.2) is 0 Å². The molecule has 5 aliphatic rings. The van der Waals surface area contributed by atoms with E-state index >= 15 is 0 Å². The summed E-state index contributed by atoms with van der Waals surface area (Å²) in [6.07, 6.45) is -33.5. The summed E-state index contributed by atoms with van der Waals surface area (Å²) in [6.45, 7) is 13.4. The van der Waals surface area contributed by atoms with Crippen molar-refractivity contribution in [2.75, 3.05) is 26.4 Å². The predicted octanol–water partition coefficient (Wildman–Crippen LogP) is -3.66. The Morgan fingerprint density at radius 1 is 0.640 bits per heavy atom. The molecule has 26 nitrogen and oxygen atoms in total. The number of rotatable bonds is 24. The Balaban J connectivity index is 1.17. The number of carbonyl (C=O) groups is 2. The van der Waals surface area contributed by atoms with Crippen molar-refractivity contribution in [2.45, 2.75) is 254 Å². The van der Waals surface area contributed by atoms with Crippen molar-refractivity contribution >= 4 is 11.9 Å². The molecule has 5 heterocycles. The van der Waals surface area contributed by atoms with Crippen molar-refractivity contribution in [1.29, 1.82) is 0 Å². The molecule has 5 fully saturated rings. The van der Waals surface area contributed by atoms with Crippen LogP contribution in [0.5, 0.6) is 0 Å². The predicted molar refractivity (Wildman–Crippen MR) is 252 cm³/mol. The average Bonchev–Trinajstić information content (AvgIpc) is 3.79. The van der Waals surface area contributed by atoms with E-state index in [1.165, 1.54) is 6.92 Å². The van der Waals surface area contributed by atoms with Gasteiger partial charge in [-0.15, -0.1) is 0 Å². The molecule has 0 aromatic heterocycles. The fourth-order valence-corrected chi connectivity index (χ4v) is 9.78. The number of aliphatic hydroxyl groups is 13. The topological polar surface area (TPSA) is 399 Å². The summed E-state index contributed by atoms with van der Waals surface area (Å²) in [5.74, 6) is -2.23. The van der Waals surface area contributed by atoms with E-state index < -0.39 is 209 Å². The molecular formula is C49H86O26. The lowest BCUT2D eigenvalue weighted by atomic mass is 9.80. The van der Waals surface area contributed by atoms with Gasteiger partial charge < -0.3 is 118 Å². The van der Waals surface area contributed by atoms with E-state index in [0.717, 1.165) is 0 Å². The maximum Gasteiger partial charge on any atom is 0.308 e. The van der Waals surface area contributed by atoms with Gasteiger partial charge in [0.25, 0.3) is 0 Å². The first-order valence-electron chi connectivity index (χ1n) is 26.0. The standard InChI is InChI=1S/C49H86O26/c1-10-20(3)27(69-30(55)14-25(53)13-28(21(4)11-2)70-46-34(59)32(57)29(16-50)71-46)12-24(52)15-31(56)72-39-22(5)67-43(48(7,8)9)41(36(39)61)75-45-35(60)33(58)38(23(6)68-45)73-44-37(62)40(26(54)17-65-44)74-47-42(63)49(64,18-51)19-66-47/h20-29,32-47,50-54,57-64H,10-19H2,1-9H3/t20-,21-,22?,23?,24-,25-,26+,27-,28-,29-,32?,33?,34?,35?,36?,37?,38-,39-,40?,41?,42+,43+,44-,45-,46+,47-,49?/m0/s1. The lowest BCUT2D eigenvalue weighted by Gasteiger charge is -2.50. The highest BCUT2D eigenvalue weighted by atomic mass is 16.8. The zero-order chi connectivity index (χ0) is 56.0. The van der Waals surface area contributed by atoms with Crippen molar-refractivity contribution in [1.82, 2.24) is 0 Å². The molecular weight excluding hydrogens is 1000 g/mol. The first kappa shape index (κ1) is 63.9. The molecule has 0 bridgehead atoms. The van der Waals surface area contributed by atoms with E-state index in [0.29, 0.717) is 12.8 Å². The summed E-state index contributed by atoms with van der Waals surface area (Å²) in [6, 6.07) is 0. The van der Waals surface area contributed by atoms with Crippen LogP contribution in [0.2, 0.25) is 0 Å². The molecule has 0 aliphatic carbocycles. The molecule has 13 N–H and O–H groups in total. The average molecular weight is 1090 g/mol. The quantitative estimate of drug-likeness (QED) is 0.0414. The Kier molecular flexibility index (Phi) is 23.4. The van der Waals surface area contributed by atoms with Crippen LogP contribution in [-0.2, 0) is 61.7 Å². The highest BCUT2D eigenvalue weighted by Gasteiger charge is 2.56. The highest BCUT2D eigenvalue weighted by molar-refractivity contribution is 5.71. The van der Waals surface area contributed by atoms with Crippen molar-refractivity contribution in [3.63, 3.8) is 0 Å². The molecule has 5 rings (SSSR count). The van der Waals surface area contributed by atoms with E-state index in [1.54, 1.807) is 34.6 Å². The molecule has 11 unspecified atom stereocenters. The fraction of sp³-hybridized carbons (Fsp3) is 0.959. The maximum absolute atomic E-state index is 13.5. The Morgan fingerprint density at radius 3 is 1.77 bits per heavy atom. The molecule has 0 amide bonds. The van der Waals surface area contributed by atoms with Crippen molar-refractivity contribution < 1.29 is 128 Å². The van der Waals surface area contributed by atoms with Crippen LogP contribution in [0.3, 0.4) is 0 Å². The number of ether oxygens (including phenoxy) is 11. The number of hydrogen-bond donors (Lipinski definition) is 13. The summed E-state index contributed by atoms with van der Waals surface area (Å²) in [7, 11) is 0. The van der Waals surface area contributed by atoms with Gasteiger partial charge >= 0.3 is 11.9 Å². The van der Waals surface area contributed by atoms with Crippen molar-refractivity contribution in [3.8, 4) is 0 Å². The first-order chi connectivity index (χ1) is 35.1. The third-order valence-corrected chi connectivity index (χ3v) is 15.0. The van der Waals surface area contributed by atoms with Crippen LogP contribution in [0.1, 0.15) is 101 Å². The highest BCUT2D eigenvalue weighted by Crippen LogP contribution is 2.39. The number of esters is 2. The summed E-state index contributed by atoms with van der Waals surface area (Å²) >= 11 is 0. The van der Waals surface area contributed by atoms with Gasteiger partial charge in [0.05, 0.1) is 75.9 Å². The van der Waals surface area contributed by atoms with Crippen molar-refractivity contribution in [3.05, 3.63) is 0 Å². The maximum atomic E-state index is 13.5. The summed E-state index contributed by atoms with van der Waals surface area (Å²) in [5.41, 5.74) is -2.80. The molecule has 0 aromatic rings. The van der Waals surface area contributed by atoms with Crippen LogP contribution in [-0.4, -0.2) is 258 Å². The molecule has 438 valence electrons. The van der Waals surface area contributed by atoms with Crippen LogP contribution in [0.4, 0.5) is 0 Å². The monoisotopic (exact) mass is 1090 g/mol. The van der Waals surface area contributed by atoms with Gasteiger partial charge in [-0.2, -0.15) is 0 Å². The molecule has 0 spiro atoms. The molecule has 27 atom stereocenters. The third kappa shape index (κ3) is 15.7. The van der Waals surface area contributed by atoms with Crippen LogP contribution in [0, 0.1) is 17.3 Å². The Bertz CT molecular complexity index is 1760. The summed E-state index contributed by atoms with van der Waals surface area (Å²) in [5, 5.41) is 139. The minimum atomic E-state index is -2.05. The lowest BCUT2D eigenvalue weighted by molar-refractivity contribution is -0.368. The van der Waals surface area contributed by atoms with Gasteiger partial charge in [-0.25, -0.2) is 0 Å². The molecule has 0 saturated carbocycles. The van der Waals surface area contributed by atoms with E-state index in [2.05, 4.69) is 0 Å². The second-order valence-corrected chi connectivity index (χ2v) is 22.1. The molecule has 0 aromatic carbocycles. The Hall–Kier alpha value is -1.94. The third-order valence-electron chi connectivity index (χ3n) is 15.0. The van der Waals surface area contributed by atoms with Gasteiger partial charge in [-0.3, -0.25) is 9.59 Å². The molecule has 26 heteroatoms. The Labute approximate surface area is 436 Å². The molecule has 75 heavy (non-hydrogen) atoms. The second-order valence-electron chi connectivity index (χ2n) is 22.1. The van der Waals surface area contributed by atoms with Gasteiger partial charge in [0, 0.05) is 12.8 Å². The molecule has 5 aliphatic heterocycles. The minimum absolute atomic E-state index is 0.0678. The minimum Gasteiger partial charge on any atom is -0.462 e. The molecule has 5 saturated heterocycles. The normalized spacial score (nSPS) is 42.1. The SMILES string of the molecule is CC[C@H](C)[C@H](C[C@H](O)CC(=O)O[C@H]1C(C)O[C@@H](C(C)(C)C)C(O[C@@H]2OC(C)[C@H](O[C@@H]3OC[C@@H](O)C(O[C@@H]4OCC(O)(CO)[C@@H]4O)C3O)C(O)C2O)C1O)OC(=O)C[C@@H](O)C[C@H](O[C@@H]1O[C@@H](CO)C(O)C1O)[C@@H](C)CC. The number of hydrogen-bond acceptors (Lipinski definition) is 26. The van der Waals surface area contributed by atoms with E-state index in [-0.39, 0.29) is 24.7 Å². The summed E-state index contributed by atoms with van der Waals surface area (Å²) < 4.78 is 63.5. The van der Waals surface area contributed by atoms with Crippen LogP contribution >= 0.6 is 0 Å². The van der Waals surface area contributed by atoms with Gasteiger partial charge in [-0.1, -0.05) is 61.3 Å². The van der Waals surface area contributed by atoms with Gasteiger partial charge in [0.15, 0.2) is 31.3 Å². The van der Waals surface area contributed by atoms with Gasteiger partial charge in [0.1, 0.15) is 85.0 Å². The zero-order valence-corrected chi connectivity index (χ0v) is 44.2. The van der Waals surface area contributed by atoms with E-state index in [4.69, 9.17) is 52.1 Å². The fourth-order valence-electron chi connectivity index (χ4n) is 9.78. The lowest BCUT2D eigenvalue weighted by Crippen LogP contribution is -2.66. The summed E-state index contributed by atoms with van der Waals surface area (Å²) in [4.78, 5) is 26.7. The molecule has 0 radical (unpaired) electrons. The smallest absolute Gasteiger partial charge is 0.308 e. The van der Waals surface area contributed by atoms with Gasteiger partial charge in [0.2, 0.25) is 0 Å². The number of carbonyl (C=O) groups excluding carboxylic acids is 2. The van der Waals surface area contributed by atoms with Crippen LogP contribution < -0.4 is 0 Å². The van der Waals surface area contributed by atoms with E-state index in [1.807, 2.05) is 20.8 Å². The Morgan fingerprint density at radius 2 is 1.20 bits per heavy atom. The van der Waals surface area contributed by atoms with Gasteiger partial charge in [-0.05, 0) is 31.1 Å². The zero-order valence-electron chi connectivity index (χ0n) is 44.2. The first-order valence-corrected chi connectivity index (χ1v) is 26.0.